The van der Waals surface area contributed by atoms with Crippen LogP contribution in [0.25, 0.3) is 16.6 Å². The summed E-state index contributed by atoms with van der Waals surface area (Å²) < 4.78 is 46.3. The third-order valence-electron chi connectivity index (χ3n) is 6.14. The largest absolute Gasteiger partial charge is 0.416 e. The maximum Gasteiger partial charge on any atom is 0.416 e. The maximum absolute atomic E-state index is 13.7. The number of fused-ring (bicyclic) bond motifs is 1. The molecule has 1 unspecified atom stereocenters. The van der Waals surface area contributed by atoms with Crippen molar-refractivity contribution in [3.05, 3.63) is 100 Å². The van der Waals surface area contributed by atoms with Crippen LogP contribution in [0, 0.1) is 6.92 Å². The van der Waals surface area contributed by atoms with E-state index in [1.807, 2.05) is 25.1 Å². The van der Waals surface area contributed by atoms with Crippen LogP contribution in [0.15, 0.2) is 77.6 Å². The molecule has 10 heteroatoms. The van der Waals surface area contributed by atoms with E-state index in [9.17, 15) is 22.8 Å². The molecule has 1 aromatic heterocycles. The fraction of sp³-hybridized carbons (Fsp3) is 0.250. The van der Waals surface area contributed by atoms with E-state index in [0.29, 0.717) is 22.4 Å². The molecule has 7 nitrogen and oxygen atoms in total. The molecule has 0 aliphatic heterocycles. The Kier molecular flexibility index (Phi) is 7.82. The lowest BCUT2D eigenvalue weighted by Crippen LogP contribution is -2.41. The summed E-state index contributed by atoms with van der Waals surface area (Å²) >= 11 is 0. The number of alkyl halides is 3. The van der Waals surface area contributed by atoms with Gasteiger partial charge in [0.1, 0.15) is 5.82 Å². The second kappa shape index (κ2) is 11.1. The minimum atomic E-state index is -4.55. The summed E-state index contributed by atoms with van der Waals surface area (Å²) in [4.78, 5) is 33.2. The number of carbonyl (C=O) groups is 1. The van der Waals surface area contributed by atoms with Gasteiger partial charge in [0.05, 0.1) is 34.8 Å². The van der Waals surface area contributed by atoms with Crippen LogP contribution >= 0.6 is 0 Å². The number of carbonyl (C=O) groups excluding carboxylic acids is 1. The van der Waals surface area contributed by atoms with Crippen LogP contribution in [0.4, 0.5) is 23.7 Å². The Balaban J connectivity index is 1.80. The number of urea groups is 1. The van der Waals surface area contributed by atoms with E-state index in [1.54, 1.807) is 37.3 Å². The first-order valence-electron chi connectivity index (χ1n) is 11.9. The van der Waals surface area contributed by atoms with Gasteiger partial charge < -0.3 is 15.0 Å². The Morgan fingerprint density at radius 1 is 1.08 bits per heavy atom. The highest BCUT2D eigenvalue weighted by Gasteiger charge is 2.31. The molecule has 0 aliphatic carbocycles. The summed E-state index contributed by atoms with van der Waals surface area (Å²) in [6.07, 6.45) is -4.55. The summed E-state index contributed by atoms with van der Waals surface area (Å²) in [6.45, 7) is 3.87. The van der Waals surface area contributed by atoms with E-state index in [1.165, 1.54) is 28.7 Å². The maximum atomic E-state index is 13.7. The lowest BCUT2D eigenvalue weighted by molar-refractivity contribution is -0.137. The fourth-order valence-corrected chi connectivity index (χ4v) is 4.22. The van der Waals surface area contributed by atoms with E-state index in [2.05, 4.69) is 5.32 Å². The Labute approximate surface area is 217 Å². The Bertz CT molecular complexity index is 1520. The first-order valence-corrected chi connectivity index (χ1v) is 11.9. The number of methoxy groups -OCH3 is 1. The van der Waals surface area contributed by atoms with Gasteiger partial charge in [-0.05, 0) is 61.9 Å². The van der Waals surface area contributed by atoms with Crippen LogP contribution in [0.3, 0.4) is 0 Å². The molecule has 0 fully saturated rings. The lowest BCUT2D eigenvalue weighted by atomic mass is 10.1. The van der Waals surface area contributed by atoms with E-state index in [4.69, 9.17) is 9.72 Å². The van der Waals surface area contributed by atoms with Crippen LogP contribution in [-0.4, -0.2) is 40.7 Å². The molecule has 1 atom stereocenters. The molecule has 1 N–H and O–H groups in total. The number of anilines is 1. The molecule has 3 aromatic carbocycles. The van der Waals surface area contributed by atoms with Gasteiger partial charge >= 0.3 is 12.2 Å². The minimum Gasteiger partial charge on any atom is -0.383 e. The van der Waals surface area contributed by atoms with Crippen LogP contribution < -0.4 is 10.9 Å². The Morgan fingerprint density at radius 3 is 2.53 bits per heavy atom. The molecule has 0 spiro atoms. The predicted octanol–water partition coefficient (Wildman–Crippen LogP) is 5.95. The van der Waals surface area contributed by atoms with Gasteiger partial charge in [0.15, 0.2) is 0 Å². The molecule has 198 valence electrons. The van der Waals surface area contributed by atoms with Crippen LogP contribution in [0.1, 0.15) is 29.9 Å². The van der Waals surface area contributed by atoms with Gasteiger partial charge in [-0.25, -0.2) is 9.78 Å². The van der Waals surface area contributed by atoms with Gasteiger partial charge in [0.2, 0.25) is 0 Å². The van der Waals surface area contributed by atoms with Gasteiger partial charge in [-0.2, -0.15) is 13.2 Å². The van der Waals surface area contributed by atoms with E-state index in [-0.39, 0.29) is 24.4 Å². The topological polar surface area (TPSA) is 76.5 Å². The molecular weight excluding hydrogens is 497 g/mol. The summed E-state index contributed by atoms with van der Waals surface area (Å²) in [7, 11) is 1.48. The second-order valence-corrected chi connectivity index (χ2v) is 8.84. The van der Waals surface area contributed by atoms with E-state index < -0.39 is 23.8 Å². The van der Waals surface area contributed by atoms with Crippen molar-refractivity contribution >= 4 is 22.6 Å². The number of ether oxygens (including phenoxy) is 1. The third-order valence-corrected chi connectivity index (χ3v) is 6.14. The number of benzene rings is 3. The monoisotopic (exact) mass is 524 g/mol. The van der Waals surface area contributed by atoms with Crippen LogP contribution in [0.5, 0.6) is 0 Å². The normalized spacial score (nSPS) is 12.4. The first-order chi connectivity index (χ1) is 18.1. The average Bonchev–Trinajstić information content (AvgIpc) is 2.88. The molecule has 0 radical (unpaired) electrons. The highest BCUT2D eigenvalue weighted by Crippen LogP contribution is 2.31. The van der Waals surface area contributed by atoms with Crippen molar-refractivity contribution in [3.63, 3.8) is 0 Å². The smallest absolute Gasteiger partial charge is 0.383 e. The SMILES string of the molecule is COCCN(C(=O)Nc1cccc(C(F)(F)F)c1)C(C)c1nc2ccccc2c(=O)n1-c1cccc(C)c1. The van der Waals surface area contributed by atoms with Gasteiger partial charge in [-0.3, -0.25) is 9.36 Å². The fourth-order valence-electron chi connectivity index (χ4n) is 4.22. The second-order valence-electron chi connectivity index (χ2n) is 8.84. The molecular formula is C28H27F3N4O3. The molecule has 4 rings (SSSR count). The summed E-state index contributed by atoms with van der Waals surface area (Å²) in [5, 5.41) is 2.97. The highest BCUT2D eigenvalue weighted by molar-refractivity contribution is 5.89. The molecule has 0 bridgehead atoms. The average molecular weight is 525 g/mol. The summed E-state index contributed by atoms with van der Waals surface area (Å²) in [6, 6.07) is 17.3. The summed E-state index contributed by atoms with van der Waals surface area (Å²) in [5.41, 5.74) is 0.791. The lowest BCUT2D eigenvalue weighted by Gasteiger charge is -2.30. The van der Waals surface area contributed by atoms with Gasteiger partial charge in [-0.15, -0.1) is 0 Å². The van der Waals surface area contributed by atoms with Crippen molar-refractivity contribution in [1.82, 2.24) is 14.5 Å². The number of hydrogen-bond acceptors (Lipinski definition) is 4. The van der Waals surface area contributed by atoms with Crippen molar-refractivity contribution in [2.45, 2.75) is 26.1 Å². The van der Waals surface area contributed by atoms with Crippen molar-refractivity contribution in [2.75, 3.05) is 25.6 Å². The molecule has 38 heavy (non-hydrogen) atoms. The van der Waals surface area contributed by atoms with E-state index in [0.717, 1.165) is 17.7 Å². The Morgan fingerprint density at radius 2 is 1.82 bits per heavy atom. The molecule has 0 aliphatic rings. The number of aryl methyl sites for hydroxylation is 1. The molecule has 0 saturated heterocycles. The molecule has 4 aromatic rings. The number of hydrogen-bond donors (Lipinski definition) is 1. The third kappa shape index (κ3) is 5.70. The zero-order valence-electron chi connectivity index (χ0n) is 21.1. The van der Waals surface area contributed by atoms with Crippen LogP contribution in [0.2, 0.25) is 0 Å². The van der Waals surface area contributed by atoms with Crippen molar-refractivity contribution in [1.29, 1.82) is 0 Å². The van der Waals surface area contributed by atoms with Gasteiger partial charge in [0.25, 0.3) is 5.56 Å². The number of nitrogens with zero attached hydrogens (tertiary/aromatic N) is 3. The number of para-hydroxylation sites is 1. The highest BCUT2D eigenvalue weighted by atomic mass is 19.4. The molecule has 2 amide bonds. The molecule has 0 saturated carbocycles. The quantitative estimate of drug-likeness (QED) is 0.324. The van der Waals surface area contributed by atoms with Gasteiger partial charge in [0, 0.05) is 19.3 Å². The van der Waals surface area contributed by atoms with Crippen molar-refractivity contribution in [3.8, 4) is 5.69 Å². The summed E-state index contributed by atoms with van der Waals surface area (Å²) in [5.74, 6) is 0.301. The number of rotatable bonds is 7. The predicted molar refractivity (Wildman–Crippen MR) is 140 cm³/mol. The van der Waals surface area contributed by atoms with Gasteiger partial charge in [-0.1, -0.05) is 30.3 Å². The Hall–Kier alpha value is -4.18. The number of halogens is 3. The number of amides is 2. The standard InChI is InChI=1S/C28H27F3N4O3/c1-18-8-6-11-22(16-18)35-25(33-24-13-5-4-12-23(24)26(35)36)19(2)34(14-15-38-3)27(37)32-21-10-7-9-20(17-21)28(29,30)31/h4-13,16-17,19H,14-15H2,1-3H3,(H,32,37). The minimum absolute atomic E-state index is 0.0120. The van der Waals surface area contributed by atoms with Crippen molar-refractivity contribution in [2.24, 2.45) is 0 Å². The number of aromatic nitrogens is 2. The zero-order valence-corrected chi connectivity index (χ0v) is 21.1. The van der Waals surface area contributed by atoms with Crippen LogP contribution in [-0.2, 0) is 10.9 Å². The van der Waals surface area contributed by atoms with Crippen molar-refractivity contribution < 1.29 is 22.7 Å². The first kappa shape index (κ1) is 26.9. The zero-order chi connectivity index (χ0) is 27.4. The number of nitrogens with one attached hydrogen (secondary N) is 1. The van der Waals surface area contributed by atoms with E-state index >= 15 is 0 Å². The molecule has 1 heterocycles.